The predicted octanol–water partition coefficient (Wildman–Crippen LogP) is 16.3. The summed E-state index contributed by atoms with van der Waals surface area (Å²) < 4.78 is 0. The lowest BCUT2D eigenvalue weighted by Crippen LogP contribution is -2.28. The number of hydrogen-bond donors (Lipinski definition) is 0. The number of benzene rings is 10. The summed E-state index contributed by atoms with van der Waals surface area (Å²) in [6.07, 6.45) is 0. The molecule has 63 heavy (non-hydrogen) atoms. The fraction of sp³-hybridized carbons (Fsp3) is 0.0645. The highest BCUT2D eigenvalue weighted by Gasteiger charge is 2.47. The van der Waals surface area contributed by atoms with Crippen molar-refractivity contribution in [1.82, 2.24) is 0 Å². The summed E-state index contributed by atoms with van der Waals surface area (Å²) in [6, 6.07) is 87.8. The first-order valence-electron chi connectivity index (χ1n) is 22.1. The Morgan fingerprint density at radius 1 is 0.333 bits per heavy atom. The van der Waals surface area contributed by atoms with E-state index in [9.17, 15) is 0 Å². The second-order valence-electron chi connectivity index (χ2n) is 17.6. The van der Waals surface area contributed by atoms with Crippen molar-refractivity contribution in [3.05, 3.63) is 270 Å². The van der Waals surface area contributed by atoms with Crippen LogP contribution in [0.4, 0.5) is 17.1 Å². The molecular weight excluding hydrogens is 759 g/mol. The van der Waals surface area contributed by atoms with E-state index in [1.807, 2.05) is 0 Å². The molecule has 10 aromatic rings. The molecule has 0 atom stereocenters. The predicted molar refractivity (Wildman–Crippen MR) is 264 cm³/mol. The fourth-order valence-electron chi connectivity index (χ4n) is 11.1. The van der Waals surface area contributed by atoms with Gasteiger partial charge in [0.2, 0.25) is 0 Å². The molecule has 0 bridgehead atoms. The van der Waals surface area contributed by atoms with Crippen LogP contribution < -0.4 is 4.90 Å². The molecule has 2 aliphatic carbocycles. The van der Waals surface area contributed by atoms with Gasteiger partial charge in [0.15, 0.2) is 0 Å². The largest absolute Gasteiger partial charge is 0.310 e. The number of anilines is 3. The van der Waals surface area contributed by atoms with Crippen molar-refractivity contribution in [3.63, 3.8) is 0 Å². The van der Waals surface area contributed by atoms with Crippen molar-refractivity contribution in [1.29, 1.82) is 0 Å². The lowest BCUT2D eigenvalue weighted by atomic mass is 9.66. The summed E-state index contributed by atoms with van der Waals surface area (Å²) in [6.45, 7) is 4.74. The Morgan fingerprint density at radius 2 is 0.810 bits per heavy atom. The zero-order valence-electron chi connectivity index (χ0n) is 35.5. The van der Waals surface area contributed by atoms with E-state index in [2.05, 4.69) is 255 Å². The third-order valence-corrected chi connectivity index (χ3v) is 13.9. The molecule has 0 unspecified atom stereocenters. The standard InChI is InChI=1S/C62H45N/c1-61(2)55-29-17-15-27-49(55)51-36-35-48(41-57(51)61)63(47-33-31-43(32-34-47)42-19-7-3-8-20-42)58-40-39-54-52(59(58)44-21-9-4-10-22-44)37-38-53-50-28-16-18-30-56(50)62(60(53)54,45-23-11-5-12-24-45)46-25-13-6-14-26-46/h3-41H,1-2H3. The Morgan fingerprint density at radius 3 is 1.46 bits per heavy atom. The zero-order valence-corrected chi connectivity index (χ0v) is 35.5. The maximum atomic E-state index is 2.50. The molecule has 0 radical (unpaired) electrons. The Hall–Kier alpha value is -7.74. The SMILES string of the molecule is CC1(C)c2ccccc2-c2ccc(N(c3ccc(-c4ccccc4)cc3)c3ccc4c5c(ccc4c3-c3ccccc3)-c3ccccc3C5(c3ccccc3)c3ccccc3)cc21. The average Bonchev–Trinajstić information content (AvgIpc) is 3.78. The van der Waals surface area contributed by atoms with Crippen LogP contribution in [0.2, 0.25) is 0 Å². The number of rotatable bonds is 7. The van der Waals surface area contributed by atoms with Gasteiger partial charge in [0.1, 0.15) is 0 Å². The monoisotopic (exact) mass is 803 g/mol. The van der Waals surface area contributed by atoms with Crippen LogP contribution in [0.5, 0.6) is 0 Å². The summed E-state index contributed by atoms with van der Waals surface area (Å²) in [5.41, 5.74) is 20.6. The normalized spacial score (nSPS) is 13.8. The summed E-state index contributed by atoms with van der Waals surface area (Å²) in [5.74, 6) is 0. The van der Waals surface area contributed by atoms with E-state index >= 15 is 0 Å². The van der Waals surface area contributed by atoms with Gasteiger partial charge in [-0.2, -0.15) is 0 Å². The molecule has 0 N–H and O–H groups in total. The third-order valence-electron chi connectivity index (χ3n) is 13.9. The molecule has 0 amide bonds. The minimum Gasteiger partial charge on any atom is -0.310 e. The highest BCUT2D eigenvalue weighted by molar-refractivity contribution is 6.10. The van der Waals surface area contributed by atoms with Gasteiger partial charge in [0, 0.05) is 22.4 Å². The molecule has 0 aromatic heterocycles. The van der Waals surface area contributed by atoms with Gasteiger partial charge in [-0.1, -0.05) is 220 Å². The molecule has 1 heteroatoms. The molecule has 0 saturated carbocycles. The average molecular weight is 804 g/mol. The Labute approximate surface area is 370 Å². The highest BCUT2D eigenvalue weighted by Crippen LogP contribution is 2.59. The second kappa shape index (κ2) is 14.4. The van der Waals surface area contributed by atoms with Gasteiger partial charge >= 0.3 is 0 Å². The van der Waals surface area contributed by atoms with Crippen molar-refractivity contribution in [2.24, 2.45) is 0 Å². The molecule has 0 saturated heterocycles. The first-order chi connectivity index (χ1) is 31.0. The van der Waals surface area contributed by atoms with Crippen LogP contribution in [0.1, 0.15) is 47.2 Å². The Balaban J connectivity index is 1.16. The van der Waals surface area contributed by atoms with E-state index in [-0.39, 0.29) is 5.41 Å². The van der Waals surface area contributed by atoms with Crippen molar-refractivity contribution < 1.29 is 0 Å². The lowest BCUT2D eigenvalue weighted by Gasteiger charge is -2.35. The molecule has 10 aromatic carbocycles. The minimum absolute atomic E-state index is 0.149. The van der Waals surface area contributed by atoms with Crippen LogP contribution in [-0.4, -0.2) is 0 Å². The molecule has 0 aliphatic heterocycles. The highest BCUT2D eigenvalue weighted by atomic mass is 15.1. The lowest BCUT2D eigenvalue weighted by molar-refractivity contribution is 0.660. The van der Waals surface area contributed by atoms with Gasteiger partial charge in [-0.25, -0.2) is 0 Å². The first-order valence-corrected chi connectivity index (χ1v) is 22.1. The van der Waals surface area contributed by atoms with Crippen LogP contribution in [0.25, 0.3) is 55.3 Å². The van der Waals surface area contributed by atoms with Crippen LogP contribution >= 0.6 is 0 Å². The quantitative estimate of drug-likeness (QED) is 0.155. The maximum absolute atomic E-state index is 2.50. The number of nitrogens with zero attached hydrogens (tertiary/aromatic N) is 1. The number of hydrogen-bond acceptors (Lipinski definition) is 1. The summed E-state index contributed by atoms with van der Waals surface area (Å²) >= 11 is 0. The maximum Gasteiger partial charge on any atom is 0.0719 e. The van der Waals surface area contributed by atoms with Gasteiger partial charge in [-0.05, 0) is 113 Å². The van der Waals surface area contributed by atoms with Gasteiger partial charge in [-0.15, -0.1) is 0 Å². The van der Waals surface area contributed by atoms with Gasteiger partial charge in [0.05, 0.1) is 11.1 Å². The molecule has 298 valence electrons. The van der Waals surface area contributed by atoms with E-state index in [4.69, 9.17) is 0 Å². The molecule has 0 fully saturated rings. The second-order valence-corrected chi connectivity index (χ2v) is 17.6. The van der Waals surface area contributed by atoms with Crippen LogP contribution in [0.3, 0.4) is 0 Å². The third kappa shape index (κ3) is 5.56. The summed E-state index contributed by atoms with van der Waals surface area (Å²) in [4.78, 5) is 2.50. The van der Waals surface area contributed by atoms with Crippen molar-refractivity contribution in [2.75, 3.05) is 4.90 Å². The zero-order chi connectivity index (χ0) is 42.1. The van der Waals surface area contributed by atoms with Crippen LogP contribution in [-0.2, 0) is 10.8 Å². The molecule has 2 aliphatic rings. The Bertz CT molecular complexity index is 3290. The Kier molecular flexibility index (Phi) is 8.49. The van der Waals surface area contributed by atoms with E-state index in [0.29, 0.717) is 0 Å². The van der Waals surface area contributed by atoms with Crippen LogP contribution in [0.15, 0.2) is 237 Å². The summed E-state index contributed by atoms with van der Waals surface area (Å²) in [7, 11) is 0. The smallest absolute Gasteiger partial charge is 0.0719 e. The van der Waals surface area contributed by atoms with E-state index in [0.717, 1.165) is 17.1 Å². The van der Waals surface area contributed by atoms with Crippen molar-refractivity contribution in [2.45, 2.75) is 24.7 Å². The molecular formula is C62H45N. The molecule has 1 nitrogen and oxygen atoms in total. The van der Waals surface area contributed by atoms with Crippen molar-refractivity contribution >= 4 is 27.8 Å². The minimum atomic E-state index is -0.531. The summed E-state index contributed by atoms with van der Waals surface area (Å²) in [5, 5.41) is 2.48. The molecule has 0 heterocycles. The topological polar surface area (TPSA) is 3.24 Å². The molecule has 12 rings (SSSR count). The fourth-order valence-corrected chi connectivity index (χ4v) is 11.1. The molecule has 0 spiro atoms. The van der Waals surface area contributed by atoms with Gasteiger partial charge < -0.3 is 4.90 Å². The van der Waals surface area contributed by atoms with E-state index in [1.165, 1.54) is 88.7 Å². The van der Waals surface area contributed by atoms with Crippen LogP contribution in [0, 0.1) is 0 Å². The number of fused-ring (bicyclic) bond motifs is 8. The van der Waals surface area contributed by atoms with Gasteiger partial charge in [0.25, 0.3) is 0 Å². The van der Waals surface area contributed by atoms with E-state index in [1.54, 1.807) is 0 Å². The first kappa shape index (κ1) is 37.1. The van der Waals surface area contributed by atoms with Crippen molar-refractivity contribution in [3.8, 4) is 44.5 Å². The van der Waals surface area contributed by atoms with Gasteiger partial charge in [-0.3, -0.25) is 0 Å². The van der Waals surface area contributed by atoms with E-state index < -0.39 is 5.41 Å².